The number of aromatic nitrogens is 1. The molecule has 0 saturated carbocycles. The first-order valence-corrected chi connectivity index (χ1v) is 34.0. The van der Waals surface area contributed by atoms with Crippen molar-refractivity contribution in [3.05, 3.63) is 71.4 Å². The van der Waals surface area contributed by atoms with E-state index in [0.29, 0.717) is 138 Å². The smallest absolute Gasteiger partial charge is 0.317 e. The average Bonchev–Trinajstić information content (AvgIpc) is 1.65. The summed E-state index contributed by atoms with van der Waals surface area (Å²) in [6.45, 7) is 7.30. The first-order chi connectivity index (χ1) is 46.2. The molecule has 526 valence electrons. The first-order valence-electron chi connectivity index (χ1n) is 32.9. The Morgan fingerprint density at radius 1 is 0.833 bits per heavy atom. The van der Waals surface area contributed by atoms with Gasteiger partial charge in [-0.25, -0.2) is 8.78 Å². The second-order valence-electron chi connectivity index (χ2n) is 24.4. The number of hydrogen-bond acceptors (Lipinski definition) is 20. The highest BCUT2D eigenvalue weighted by atomic mass is 32.2. The van der Waals surface area contributed by atoms with Crippen molar-refractivity contribution < 1.29 is 76.4 Å². The fourth-order valence-electron chi connectivity index (χ4n) is 11.6. The quantitative estimate of drug-likeness (QED) is 0.0160. The van der Waals surface area contributed by atoms with E-state index in [2.05, 4.69) is 49.3 Å². The molecular formula is C67H94F2N12O14S. The molecule has 0 aliphatic carbocycles. The molecule has 4 heterocycles. The lowest BCUT2D eigenvalue weighted by Crippen LogP contribution is -2.52. The lowest BCUT2D eigenvalue weighted by atomic mass is 9.91. The number of aryl methyl sites for hydroxylation is 2. The zero-order valence-corrected chi connectivity index (χ0v) is 55.9. The summed E-state index contributed by atoms with van der Waals surface area (Å²) >= 11 is 1.31. The fourth-order valence-corrected chi connectivity index (χ4v) is 12.3. The number of carboxylic acids is 1. The number of halogens is 2. The largest absolute Gasteiger partial charge is 0.494 e. The number of alkyl halides is 2. The maximum Gasteiger partial charge on any atom is 0.317 e. The van der Waals surface area contributed by atoms with Crippen LogP contribution < -0.4 is 26.0 Å². The molecule has 3 aliphatic heterocycles. The van der Waals surface area contributed by atoms with E-state index in [1.54, 1.807) is 34.9 Å². The van der Waals surface area contributed by atoms with Crippen molar-refractivity contribution in [3.63, 3.8) is 0 Å². The highest BCUT2D eigenvalue weighted by molar-refractivity contribution is 7.99. The molecule has 2 unspecified atom stereocenters. The van der Waals surface area contributed by atoms with Crippen LogP contribution in [0.1, 0.15) is 99.0 Å². The number of terminal acetylenes is 1. The van der Waals surface area contributed by atoms with Crippen LogP contribution in [0.3, 0.4) is 0 Å². The van der Waals surface area contributed by atoms with Gasteiger partial charge in [0.2, 0.25) is 23.6 Å². The molecule has 26 nitrogen and oxygen atoms in total. The van der Waals surface area contributed by atoms with Gasteiger partial charge in [-0.2, -0.15) is 11.8 Å². The van der Waals surface area contributed by atoms with Crippen LogP contribution in [0, 0.1) is 25.2 Å². The van der Waals surface area contributed by atoms with Crippen LogP contribution in [0.15, 0.2) is 59.7 Å². The third kappa shape index (κ3) is 27.7. The number of carboxylic acid groups (broad SMARTS) is 1. The number of nitrogens with one attached hydrogen (secondary N) is 4. The number of rotatable bonds is 36. The van der Waals surface area contributed by atoms with Gasteiger partial charge in [-0.15, -0.1) is 6.42 Å². The number of benzene rings is 2. The van der Waals surface area contributed by atoms with Crippen molar-refractivity contribution >= 4 is 82.9 Å². The molecule has 6 N–H and O–H groups in total. The Kier molecular flexibility index (Phi) is 33.2. The number of aliphatic hydroxyl groups excluding tert-OH is 1. The normalized spacial score (nSPS) is 17.8. The van der Waals surface area contributed by atoms with Crippen molar-refractivity contribution in [2.24, 2.45) is 10.9 Å². The summed E-state index contributed by atoms with van der Waals surface area (Å²) in [7, 11) is 0. The van der Waals surface area contributed by atoms with Gasteiger partial charge in [-0.3, -0.25) is 72.7 Å². The highest BCUT2D eigenvalue weighted by Gasteiger charge is 2.46. The Balaban J connectivity index is 0.931. The number of aliphatic carboxylic acids is 1. The van der Waals surface area contributed by atoms with E-state index in [1.807, 2.05) is 33.8 Å². The molecule has 3 atom stereocenters. The zero-order valence-electron chi connectivity index (χ0n) is 55.1. The first kappa shape index (κ1) is 77.1. The van der Waals surface area contributed by atoms with E-state index in [4.69, 9.17) is 20.6 Å². The molecule has 0 spiro atoms. The average molecular weight is 1360 g/mol. The van der Waals surface area contributed by atoms with Crippen molar-refractivity contribution in [1.82, 2.24) is 55.7 Å². The second kappa shape index (κ2) is 41.3. The molecule has 3 fully saturated rings. The summed E-state index contributed by atoms with van der Waals surface area (Å²) in [6, 6.07) is 12.9. The Hall–Kier alpha value is -7.88. The number of carbonyl (C=O) groups is 9. The number of unbranched alkanes of at least 4 members (excludes halogenated alkanes) is 2. The van der Waals surface area contributed by atoms with Crippen molar-refractivity contribution in [1.29, 1.82) is 0 Å². The standard InChI is InChI=1S/C67H94F2N12O14S/c1-4-53-39-67(68,69)44-81(53)62(87)40-73-64(90)55-20-24-71-57-19-18-54(38-56(55)57)95-36-8-6-10-52-21-26-80(27-22-52)66(92)59(84)43-96-37-25-72-65(91)58(12-5-7-23-70-50(3)74-60(85)13-9-11-51-16-14-49(2)15-17-51)75-61(86)41-76-28-29-77(42-63(88)89)31-33-79(46-94-48-83)35-34-78(32-30-76)45-93-47-82/h1,14-20,24,38,47-48,52-53,58-59,84H,5-13,21-23,25-37,39-46H2,2-3H3,(H,72,91)(H,73,90)(H,75,86)(H,88,89)(H,70,74,85)/t53-,58?,59?/m0/s1. The van der Waals surface area contributed by atoms with Gasteiger partial charge in [0, 0.05) is 114 Å². The molecule has 3 saturated heterocycles. The van der Waals surface area contributed by atoms with Gasteiger partial charge in [-0.1, -0.05) is 42.2 Å². The number of hydrogen-bond donors (Lipinski definition) is 6. The Morgan fingerprint density at radius 2 is 1.50 bits per heavy atom. The third-order valence-corrected chi connectivity index (χ3v) is 18.0. The molecule has 6 rings (SSSR count). The van der Waals surface area contributed by atoms with Gasteiger partial charge in [0.25, 0.3) is 30.7 Å². The minimum absolute atomic E-state index is 0.0153. The molecule has 3 aromatic rings. The summed E-state index contributed by atoms with van der Waals surface area (Å²) in [5, 5.41) is 32.4. The number of fused-ring (bicyclic) bond motifs is 1. The minimum Gasteiger partial charge on any atom is -0.494 e. The maximum atomic E-state index is 14.0. The molecule has 2 aromatic carbocycles. The molecule has 3 aliphatic rings. The maximum absolute atomic E-state index is 14.0. The van der Waals surface area contributed by atoms with Crippen molar-refractivity contribution in [3.8, 4) is 18.1 Å². The summed E-state index contributed by atoms with van der Waals surface area (Å²) in [5.74, 6) is -2.71. The number of likely N-dealkylation sites (tertiary alicyclic amines) is 2. The number of nitrogens with zero attached hydrogens (tertiary/aromatic N) is 8. The summed E-state index contributed by atoms with van der Waals surface area (Å²) in [5.41, 5.74) is 3.09. The molecule has 96 heavy (non-hydrogen) atoms. The topological polar surface area (TPSA) is 315 Å². The van der Waals surface area contributed by atoms with E-state index in [9.17, 15) is 62.1 Å². The Morgan fingerprint density at radius 3 is 2.16 bits per heavy atom. The Labute approximate surface area is 564 Å². The molecular weight excluding hydrogens is 1270 g/mol. The van der Waals surface area contributed by atoms with Crippen molar-refractivity contribution in [2.45, 2.75) is 115 Å². The zero-order chi connectivity index (χ0) is 69.2. The van der Waals surface area contributed by atoms with Gasteiger partial charge in [-0.05, 0) is 107 Å². The van der Waals surface area contributed by atoms with E-state index in [0.717, 1.165) is 49.0 Å². The number of ether oxygens (including phenoxy) is 3. The number of carbonyl (C=O) groups excluding carboxylic acids is 8. The summed E-state index contributed by atoms with van der Waals surface area (Å²) in [4.78, 5) is 133. The number of amidine groups is 1. The minimum atomic E-state index is -3.10. The number of piperidine rings is 1. The highest BCUT2D eigenvalue weighted by Crippen LogP contribution is 2.32. The van der Waals surface area contributed by atoms with Crippen LogP contribution in [0.2, 0.25) is 0 Å². The third-order valence-electron chi connectivity index (χ3n) is 17.0. The molecule has 0 bridgehead atoms. The van der Waals surface area contributed by atoms with Crippen LogP contribution in [0.4, 0.5) is 8.78 Å². The van der Waals surface area contributed by atoms with E-state index >= 15 is 0 Å². The van der Waals surface area contributed by atoms with Gasteiger partial charge < -0.3 is 55.5 Å². The van der Waals surface area contributed by atoms with E-state index in [-0.39, 0.29) is 75.7 Å². The van der Waals surface area contributed by atoms with E-state index in [1.165, 1.54) is 29.6 Å². The molecule has 29 heteroatoms. The molecule has 6 amide bonds. The number of pyridine rings is 1. The summed E-state index contributed by atoms with van der Waals surface area (Å²) < 4.78 is 44.1. The van der Waals surface area contributed by atoms with Crippen LogP contribution in [0.5, 0.6) is 5.75 Å². The van der Waals surface area contributed by atoms with Gasteiger partial charge in [0.15, 0.2) is 0 Å². The number of aliphatic hydroxyl groups is 1. The monoisotopic (exact) mass is 1360 g/mol. The van der Waals surface area contributed by atoms with Crippen LogP contribution in [-0.2, 0) is 54.3 Å². The van der Waals surface area contributed by atoms with Gasteiger partial charge in [0.05, 0.1) is 55.7 Å². The lowest BCUT2D eigenvalue weighted by molar-refractivity contribution is -0.140. The van der Waals surface area contributed by atoms with Crippen molar-refractivity contribution in [2.75, 3.05) is 136 Å². The second-order valence-corrected chi connectivity index (χ2v) is 25.6. The predicted octanol–water partition coefficient (Wildman–Crippen LogP) is 2.92. The number of amides is 6. The Bertz CT molecular complexity index is 3100. The summed E-state index contributed by atoms with van der Waals surface area (Å²) in [6.07, 6.45) is 12.2. The van der Waals surface area contributed by atoms with Crippen LogP contribution in [-0.4, -0.2) is 265 Å². The molecule has 1 aromatic heterocycles. The van der Waals surface area contributed by atoms with Crippen LogP contribution in [0.25, 0.3) is 10.9 Å². The number of aliphatic imine (C=N–C) groups is 1. The van der Waals surface area contributed by atoms with Gasteiger partial charge >= 0.3 is 5.97 Å². The van der Waals surface area contributed by atoms with Crippen LogP contribution >= 0.6 is 11.8 Å². The van der Waals surface area contributed by atoms with Gasteiger partial charge in [0.1, 0.15) is 31.4 Å². The van der Waals surface area contributed by atoms with E-state index < -0.39 is 73.2 Å². The predicted molar refractivity (Wildman–Crippen MR) is 357 cm³/mol. The number of thioether (sulfide) groups is 1. The lowest BCUT2D eigenvalue weighted by Gasteiger charge is -2.33. The SMILES string of the molecule is C#C[C@H]1CC(F)(F)CN1C(=O)CNC(=O)c1ccnc2ccc(OCCCCC3CCN(C(=O)C(O)CSCCNC(=O)C(CCCCN=C(C)NC(=O)CCCc4ccc(C)cc4)NC(=O)CN4CCN(COC=O)CCN(COC=O)CCN(CC(=O)O)CC4)CC3)cc12. The molecule has 0 radical (unpaired) electrons. The fraction of sp³-hybridized carbons (Fsp3) is 0.597.